The Labute approximate surface area is 838 Å². The van der Waals surface area contributed by atoms with E-state index in [9.17, 15) is 38.4 Å². The van der Waals surface area contributed by atoms with Crippen molar-refractivity contribution in [3.63, 3.8) is 0 Å². The lowest BCUT2D eigenvalue weighted by Gasteiger charge is -2.12. The first-order valence-corrected chi connectivity index (χ1v) is 48.4. The second-order valence-electron chi connectivity index (χ2n) is 37.2. The molecule has 0 aliphatic rings. The molecule has 145 heavy (non-hydrogen) atoms. The summed E-state index contributed by atoms with van der Waals surface area (Å²) in [7, 11) is 7.81. The number of hydrogen-bond donors (Lipinski definition) is 4. The average molecular weight is 1940 g/mol. The first-order valence-electron chi connectivity index (χ1n) is 48.4. The second kappa shape index (κ2) is 45.5. The largest absolute Gasteiger partial charge is 0.340 e. The number of allylic oxidation sites excluding steroid dienone is 6. The van der Waals surface area contributed by atoms with Gasteiger partial charge in [0.1, 0.15) is 50.6 Å². The van der Waals surface area contributed by atoms with E-state index in [1.807, 2.05) is 247 Å². The molecule has 0 saturated carbocycles. The van der Waals surface area contributed by atoms with Gasteiger partial charge in [0.2, 0.25) is 0 Å². The SMILES string of the molecule is C/C=C\C(=C/C)c1ccc(Cn2nc3c(c2Nc2ccccn2)c(=O)n(C)c(=O)n3CC(C)C)cc1.C/C=C\C(=NC)c1ccc(Cn2nc3c(c2Nc2ccccc2)c(=O)n(C)c(=O)n3C(C)C)cc1.CC(C)Cn1c(=O)n(C)c(=O)c2c(Nc3ccncc3)n(Cc3ccc(-c4ccccc4)cc3)nc21.Cc1cc(C)nc(-c2ccc(Cn3nc4c(c3Nc3ccccc3)c(=O)n(C)c(=O)n4CC(C)C)cc2)c1. The molecule has 0 saturated heterocycles. The molecule has 0 aliphatic heterocycles. The average Bonchev–Trinajstić information content (AvgIpc) is 1.61. The molecule has 32 nitrogen and oxygen atoms in total. The maximum Gasteiger partial charge on any atom is 0.332 e. The van der Waals surface area contributed by atoms with Crippen LogP contribution in [0.1, 0.15) is 127 Å². The highest BCUT2D eigenvalue weighted by Crippen LogP contribution is 2.33. The standard InChI is InChI=1S/C30H32N6O2.C28H28N6O2.C28H32N6O2.C27H30N6O2/c1-19(2)17-35-28-26(29(37)34(5)30(35)38)27(32-24-9-7-6-8-10-24)36(33-28)18-22-11-13-23(14-12-22)25-16-20(3)15-21(4)31-25;1-19(2)17-33-26-24(27(35)32(3)28(33)36)25(30-23-13-15-29-16-14-23)34(31-26)18-20-9-11-22(12-10-20)21-7-5-4-6-8-21;1-6-10-21(7-2)22-14-12-20(13-15-22)18-34-25(30-23-11-8-9-16-29-23)24-26(31-34)33(17-19(3)4)28(36)32(5)27(24)35;1-6-10-22(28-4)20-15-13-19(14-16-20)17-32-24(29-21-11-8-7-9-12-21)23-25(30-32)33(18(2)3)27(35)31(5)26(23)34/h6-16,19,32H,17-18H2,1-5H3;4-16,19H,17-18H2,1-3H3,(H,29,30);6-16,19H,17-18H2,1-5H3,(H,29,30);6-16,18,29H,17H2,1-5H3/b;;10-6-,21-7+;10-6-,28-22?. The van der Waals surface area contributed by atoms with Crippen molar-refractivity contribution in [3.8, 4) is 22.4 Å². The van der Waals surface area contributed by atoms with Gasteiger partial charge in [0.05, 0.1) is 37.6 Å². The van der Waals surface area contributed by atoms with Gasteiger partial charge < -0.3 is 21.3 Å². The predicted octanol–water partition coefficient (Wildman–Crippen LogP) is 18.4. The molecule has 0 spiro atoms. The molecule has 7 aromatic carbocycles. The summed E-state index contributed by atoms with van der Waals surface area (Å²) in [6, 6.07) is 75.5. The van der Waals surface area contributed by atoms with E-state index in [1.165, 1.54) is 38.3 Å². The predicted molar refractivity (Wildman–Crippen MR) is 582 cm³/mol. The number of aromatic nitrogens is 19. The van der Waals surface area contributed by atoms with Crippen LogP contribution < -0.4 is 66.3 Å². The summed E-state index contributed by atoms with van der Waals surface area (Å²) in [5, 5.41) is 34.1. The number of benzene rings is 7. The number of fused-ring (bicyclic) bond motifs is 4. The van der Waals surface area contributed by atoms with E-state index < -0.39 is 0 Å². The monoisotopic (exact) mass is 1940 g/mol. The minimum Gasteiger partial charge on any atom is -0.340 e. The lowest BCUT2D eigenvalue weighted by Crippen LogP contribution is -2.38. The van der Waals surface area contributed by atoms with Crippen LogP contribution in [-0.2, 0) is 74.0 Å². The van der Waals surface area contributed by atoms with Gasteiger partial charge in [0.25, 0.3) is 22.2 Å². The van der Waals surface area contributed by atoms with Crippen molar-refractivity contribution in [3.05, 3.63) is 407 Å². The number of aliphatic imine (C=N–C) groups is 1. The minimum atomic E-state index is -0.390. The van der Waals surface area contributed by atoms with E-state index in [1.54, 1.807) is 62.6 Å². The van der Waals surface area contributed by atoms with E-state index >= 15 is 0 Å². The van der Waals surface area contributed by atoms with Gasteiger partial charge in [-0.3, -0.25) is 70.7 Å². The zero-order valence-corrected chi connectivity index (χ0v) is 85.0. The Morgan fingerprint density at radius 1 is 0.372 bits per heavy atom. The first kappa shape index (κ1) is 102. The van der Waals surface area contributed by atoms with Crippen LogP contribution in [-0.4, -0.2) is 103 Å². The minimum absolute atomic E-state index is 0.164. The summed E-state index contributed by atoms with van der Waals surface area (Å²) < 4.78 is 18.0. The molecule has 0 amide bonds. The second-order valence-corrected chi connectivity index (χ2v) is 37.2. The van der Waals surface area contributed by atoms with Crippen LogP contribution in [0.15, 0.2) is 323 Å². The van der Waals surface area contributed by atoms with E-state index in [2.05, 4.69) is 145 Å². The van der Waals surface area contributed by atoms with Crippen LogP contribution in [0.25, 0.3) is 72.1 Å². The van der Waals surface area contributed by atoms with Crippen LogP contribution in [0.5, 0.6) is 0 Å². The van der Waals surface area contributed by atoms with Gasteiger partial charge in [-0.15, -0.1) is 0 Å². The van der Waals surface area contributed by atoms with E-state index in [0.717, 1.165) is 104 Å². The summed E-state index contributed by atoms with van der Waals surface area (Å²) in [5.74, 6) is 3.36. The number of pyridine rings is 3. The van der Waals surface area contributed by atoms with E-state index in [0.29, 0.717) is 119 Å². The maximum atomic E-state index is 13.4. The van der Waals surface area contributed by atoms with Crippen molar-refractivity contribution in [2.75, 3.05) is 28.3 Å². The molecule has 742 valence electrons. The molecule has 0 atom stereocenters. The summed E-state index contributed by atoms with van der Waals surface area (Å²) in [6.07, 6.45) is 15.1. The van der Waals surface area contributed by atoms with Crippen molar-refractivity contribution < 1.29 is 0 Å². The smallest absolute Gasteiger partial charge is 0.332 e. The molecular formula is C113H122N24O8. The van der Waals surface area contributed by atoms with Crippen LogP contribution in [0.3, 0.4) is 0 Å². The number of hydrogen-bond acceptors (Lipinski definition) is 20. The first-order chi connectivity index (χ1) is 69.8. The van der Waals surface area contributed by atoms with Crippen LogP contribution in [0, 0.1) is 31.6 Å². The fourth-order valence-electron chi connectivity index (χ4n) is 17.3. The van der Waals surface area contributed by atoms with Crippen molar-refractivity contribution in [2.24, 2.45) is 50.9 Å². The fourth-order valence-corrected chi connectivity index (χ4v) is 17.3. The van der Waals surface area contributed by atoms with Crippen LogP contribution in [0.4, 0.5) is 46.2 Å². The molecule has 0 aliphatic carbocycles. The number of nitrogens with one attached hydrogen (secondary N) is 4. The van der Waals surface area contributed by atoms with Crippen molar-refractivity contribution in [2.45, 2.75) is 142 Å². The van der Waals surface area contributed by atoms with Gasteiger partial charge in [-0.05, 0) is 189 Å². The molecule has 11 aromatic heterocycles. The molecule has 4 N–H and O–H groups in total. The number of aryl methyl sites for hydroxylation is 2. The van der Waals surface area contributed by atoms with E-state index in [4.69, 9.17) is 20.4 Å². The van der Waals surface area contributed by atoms with Crippen molar-refractivity contribution >= 4 is 102 Å². The third-order valence-corrected chi connectivity index (χ3v) is 24.4. The topological polar surface area (TPSA) is 346 Å². The highest BCUT2D eigenvalue weighted by molar-refractivity contribution is 6.08. The molecule has 32 heteroatoms. The Morgan fingerprint density at radius 3 is 1.11 bits per heavy atom. The molecule has 0 bridgehead atoms. The maximum absolute atomic E-state index is 13.4. The number of nitrogens with zero attached hydrogens (tertiary/aromatic N) is 20. The molecule has 18 rings (SSSR count). The molecule has 0 unspecified atom stereocenters. The number of rotatable bonds is 29. The van der Waals surface area contributed by atoms with Gasteiger partial charge in [-0.1, -0.05) is 236 Å². The summed E-state index contributed by atoms with van der Waals surface area (Å²) in [4.78, 5) is 123. The van der Waals surface area contributed by atoms with Gasteiger partial charge >= 0.3 is 22.8 Å². The normalized spacial score (nSPS) is 11.8. The van der Waals surface area contributed by atoms with Crippen LogP contribution in [0.2, 0.25) is 0 Å². The van der Waals surface area contributed by atoms with Crippen molar-refractivity contribution in [1.82, 2.24) is 90.6 Å². The molecule has 0 fully saturated rings. The van der Waals surface area contributed by atoms with Gasteiger partial charge in [0.15, 0.2) is 22.6 Å². The Kier molecular flexibility index (Phi) is 32.0. The summed E-state index contributed by atoms with van der Waals surface area (Å²) in [6.45, 7) is 29.1. The lowest BCUT2D eigenvalue weighted by atomic mass is 10.0. The Hall–Kier alpha value is -17.3. The van der Waals surface area contributed by atoms with Gasteiger partial charge in [-0.25, -0.2) is 42.9 Å². The lowest BCUT2D eigenvalue weighted by molar-refractivity contribution is 0.498. The number of anilines is 8. The summed E-state index contributed by atoms with van der Waals surface area (Å²) in [5.41, 5.74) is 15.6. The molecule has 11 heterocycles. The number of para-hydroxylation sites is 2. The van der Waals surface area contributed by atoms with Gasteiger partial charge in [0, 0.05) is 108 Å². The third-order valence-electron chi connectivity index (χ3n) is 24.4. The summed E-state index contributed by atoms with van der Waals surface area (Å²) >= 11 is 0. The quantitative estimate of drug-likeness (QED) is 0.0250. The zero-order valence-electron chi connectivity index (χ0n) is 85.0. The van der Waals surface area contributed by atoms with E-state index in [-0.39, 0.29) is 68.8 Å². The fraction of sp³-hybridized carbons (Fsp3) is 0.257. The van der Waals surface area contributed by atoms with Gasteiger partial charge in [-0.2, -0.15) is 20.4 Å². The molecule has 18 aromatic rings. The zero-order chi connectivity index (χ0) is 103. The van der Waals surface area contributed by atoms with Crippen molar-refractivity contribution in [1.29, 1.82) is 0 Å². The third kappa shape index (κ3) is 23.0. The Morgan fingerprint density at radius 2 is 0.731 bits per heavy atom. The Bertz CT molecular complexity index is 8340. The molecule has 0 radical (unpaired) electrons. The van der Waals surface area contributed by atoms with Crippen LogP contribution >= 0.6 is 0 Å². The highest BCUT2D eigenvalue weighted by Gasteiger charge is 2.29. The highest BCUT2D eigenvalue weighted by atomic mass is 16.2. The molecular weight excluding hydrogens is 1820 g/mol. The Balaban J connectivity index is 0.000000145.